The summed E-state index contributed by atoms with van der Waals surface area (Å²) >= 11 is 0. The molecule has 0 saturated carbocycles. The molecule has 6 heteroatoms. The molecule has 0 unspecified atom stereocenters. The maximum absolute atomic E-state index is 12.1. The fraction of sp³-hybridized carbons (Fsp3) is 0.400. The first kappa shape index (κ1) is 15.0. The van der Waals surface area contributed by atoms with Gasteiger partial charge in [-0.3, -0.25) is 4.79 Å². The fourth-order valence-electron chi connectivity index (χ4n) is 1.99. The van der Waals surface area contributed by atoms with Crippen LogP contribution >= 0.6 is 0 Å². The molecule has 21 heavy (non-hydrogen) atoms. The number of aromatic nitrogens is 3. The van der Waals surface area contributed by atoms with Gasteiger partial charge in [0.15, 0.2) is 0 Å². The zero-order valence-electron chi connectivity index (χ0n) is 12.4. The van der Waals surface area contributed by atoms with E-state index in [1.165, 1.54) is 0 Å². The van der Waals surface area contributed by atoms with Gasteiger partial charge in [0.25, 0.3) is 5.91 Å². The number of pyridine rings is 1. The Balaban J connectivity index is 1.88. The number of carbonyl (C=O) groups is 1. The number of aryl methyl sites for hydroxylation is 1. The normalized spacial score (nSPS) is 10.8. The van der Waals surface area contributed by atoms with Gasteiger partial charge in [0.1, 0.15) is 5.82 Å². The summed E-state index contributed by atoms with van der Waals surface area (Å²) in [6.07, 6.45) is 6.26. The van der Waals surface area contributed by atoms with Crippen LogP contribution in [-0.4, -0.2) is 27.0 Å². The molecule has 112 valence electrons. The highest BCUT2D eigenvalue weighted by molar-refractivity contribution is 5.94. The van der Waals surface area contributed by atoms with Crippen molar-refractivity contribution in [2.75, 3.05) is 12.3 Å². The van der Waals surface area contributed by atoms with Crippen LogP contribution < -0.4 is 11.1 Å². The predicted molar refractivity (Wildman–Crippen MR) is 81.9 cm³/mol. The van der Waals surface area contributed by atoms with Crippen molar-refractivity contribution in [3.63, 3.8) is 0 Å². The summed E-state index contributed by atoms with van der Waals surface area (Å²) < 4.78 is 1.98. The van der Waals surface area contributed by atoms with E-state index in [1.54, 1.807) is 24.7 Å². The summed E-state index contributed by atoms with van der Waals surface area (Å²) in [5.74, 6) is 0.502. The van der Waals surface area contributed by atoms with E-state index in [0.717, 1.165) is 18.7 Å². The van der Waals surface area contributed by atoms with Gasteiger partial charge in [-0.05, 0) is 24.5 Å². The lowest BCUT2D eigenvalue weighted by Gasteiger charge is -2.10. The molecule has 0 radical (unpaired) electrons. The number of hydrogen-bond donors (Lipinski definition) is 2. The molecule has 0 aliphatic rings. The largest absolute Gasteiger partial charge is 0.384 e. The molecule has 0 saturated heterocycles. The van der Waals surface area contributed by atoms with Crippen molar-refractivity contribution in [1.82, 2.24) is 19.9 Å². The average molecular weight is 287 g/mol. The van der Waals surface area contributed by atoms with Gasteiger partial charge < -0.3 is 15.6 Å². The maximum atomic E-state index is 12.1. The first-order valence-electron chi connectivity index (χ1n) is 7.07. The second-order valence-corrected chi connectivity index (χ2v) is 5.27. The molecule has 0 aromatic carbocycles. The van der Waals surface area contributed by atoms with Crippen molar-refractivity contribution in [2.45, 2.75) is 32.7 Å². The molecule has 2 heterocycles. The number of nitrogens with one attached hydrogen (secondary N) is 1. The van der Waals surface area contributed by atoms with E-state index in [0.29, 0.717) is 17.9 Å². The zero-order chi connectivity index (χ0) is 15.2. The van der Waals surface area contributed by atoms with Crippen LogP contribution in [0.4, 0.5) is 5.82 Å². The van der Waals surface area contributed by atoms with Crippen LogP contribution in [0.25, 0.3) is 0 Å². The van der Waals surface area contributed by atoms with Crippen molar-refractivity contribution in [2.24, 2.45) is 0 Å². The van der Waals surface area contributed by atoms with Crippen LogP contribution in [0, 0.1) is 0 Å². The van der Waals surface area contributed by atoms with E-state index in [2.05, 4.69) is 15.3 Å². The first-order chi connectivity index (χ1) is 10.1. The molecule has 0 aliphatic heterocycles. The highest BCUT2D eigenvalue weighted by Crippen LogP contribution is 2.15. The summed E-state index contributed by atoms with van der Waals surface area (Å²) in [4.78, 5) is 20.3. The molecule has 0 atom stereocenters. The minimum atomic E-state index is -0.114. The van der Waals surface area contributed by atoms with Crippen LogP contribution in [0.2, 0.25) is 0 Å². The molecule has 0 fully saturated rings. The Hall–Kier alpha value is -2.37. The number of amides is 1. The van der Waals surface area contributed by atoms with Crippen molar-refractivity contribution < 1.29 is 4.79 Å². The number of nitrogens with two attached hydrogens (primary N) is 1. The highest BCUT2D eigenvalue weighted by Gasteiger charge is 2.10. The van der Waals surface area contributed by atoms with Gasteiger partial charge in [0.2, 0.25) is 0 Å². The number of hydrogen-bond acceptors (Lipinski definition) is 4. The molecule has 6 nitrogen and oxygen atoms in total. The number of carbonyl (C=O) groups excluding carboxylic acids is 1. The minimum absolute atomic E-state index is 0.114. The molecular formula is C15H21N5O. The summed E-state index contributed by atoms with van der Waals surface area (Å²) in [5.41, 5.74) is 7.15. The van der Waals surface area contributed by atoms with Gasteiger partial charge >= 0.3 is 0 Å². The van der Waals surface area contributed by atoms with E-state index in [9.17, 15) is 4.79 Å². The third kappa shape index (κ3) is 4.30. The van der Waals surface area contributed by atoms with Crippen LogP contribution in [-0.2, 0) is 6.54 Å². The Kier molecular flexibility index (Phi) is 4.92. The van der Waals surface area contributed by atoms with Crippen molar-refractivity contribution in [3.05, 3.63) is 42.1 Å². The van der Waals surface area contributed by atoms with Gasteiger partial charge in [-0.1, -0.05) is 13.8 Å². The Morgan fingerprint density at radius 1 is 1.43 bits per heavy atom. The predicted octanol–water partition coefficient (Wildman–Crippen LogP) is 1.80. The van der Waals surface area contributed by atoms with Crippen LogP contribution in [0.15, 0.2) is 30.9 Å². The molecule has 2 aromatic rings. The standard InChI is InChI=1S/C15H21N5O/c1-11(2)13-8-12(9-14(16)19-13)15(21)18-4-3-6-20-7-5-17-10-20/h5,7-11H,3-4,6H2,1-2H3,(H2,16,19)(H,18,21). The summed E-state index contributed by atoms with van der Waals surface area (Å²) in [5, 5.41) is 2.90. The quantitative estimate of drug-likeness (QED) is 0.793. The molecule has 2 rings (SSSR count). The third-order valence-electron chi connectivity index (χ3n) is 3.16. The summed E-state index contributed by atoms with van der Waals surface area (Å²) in [6, 6.07) is 3.41. The Bertz CT molecular complexity index is 592. The highest BCUT2D eigenvalue weighted by atomic mass is 16.1. The van der Waals surface area contributed by atoms with Crippen LogP contribution in [0.1, 0.15) is 42.2 Å². The number of imidazole rings is 1. The molecule has 0 aliphatic carbocycles. The van der Waals surface area contributed by atoms with Gasteiger partial charge in [0, 0.05) is 36.7 Å². The van der Waals surface area contributed by atoms with E-state index in [-0.39, 0.29) is 11.8 Å². The second-order valence-electron chi connectivity index (χ2n) is 5.27. The molecule has 3 N–H and O–H groups in total. The topological polar surface area (TPSA) is 85.8 Å². The van der Waals surface area contributed by atoms with Gasteiger partial charge in [-0.2, -0.15) is 0 Å². The van der Waals surface area contributed by atoms with Gasteiger partial charge in [0.05, 0.1) is 6.33 Å². The van der Waals surface area contributed by atoms with Crippen molar-refractivity contribution in [3.8, 4) is 0 Å². The number of anilines is 1. The van der Waals surface area contributed by atoms with Crippen LogP contribution in [0.5, 0.6) is 0 Å². The lowest BCUT2D eigenvalue weighted by atomic mass is 10.1. The zero-order valence-corrected chi connectivity index (χ0v) is 12.4. The van der Waals surface area contributed by atoms with Crippen molar-refractivity contribution in [1.29, 1.82) is 0 Å². The van der Waals surface area contributed by atoms with E-state index < -0.39 is 0 Å². The maximum Gasteiger partial charge on any atom is 0.251 e. The molecule has 0 bridgehead atoms. The average Bonchev–Trinajstić information content (AvgIpc) is 2.95. The monoisotopic (exact) mass is 287 g/mol. The Labute approximate surface area is 124 Å². The molecule has 1 amide bonds. The van der Waals surface area contributed by atoms with E-state index >= 15 is 0 Å². The SMILES string of the molecule is CC(C)c1cc(C(=O)NCCCn2ccnc2)cc(N)n1. The lowest BCUT2D eigenvalue weighted by molar-refractivity contribution is 0.0952. The third-order valence-corrected chi connectivity index (χ3v) is 3.16. The summed E-state index contributed by atoms with van der Waals surface area (Å²) in [7, 11) is 0. The summed E-state index contributed by atoms with van der Waals surface area (Å²) in [6.45, 7) is 5.48. The van der Waals surface area contributed by atoms with Gasteiger partial charge in [-0.15, -0.1) is 0 Å². The minimum Gasteiger partial charge on any atom is -0.384 e. The van der Waals surface area contributed by atoms with E-state index in [4.69, 9.17) is 5.73 Å². The first-order valence-corrected chi connectivity index (χ1v) is 7.07. The Morgan fingerprint density at radius 2 is 2.24 bits per heavy atom. The number of nitrogens with zero attached hydrogens (tertiary/aromatic N) is 3. The van der Waals surface area contributed by atoms with Gasteiger partial charge in [-0.25, -0.2) is 9.97 Å². The molecule has 2 aromatic heterocycles. The number of rotatable bonds is 6. The van der Waals surface area contributed by atoms with Crippen LogP contribution in [0.3, 0.4) is 0 Å². The fourth-order valence-corrected chi connectivity index (χ4v) is 1.99. The van der Waals surface area contributed by atoms with E-state index in [1.807, 2.05) is 24.6 Å². The smallest absolute Gasteiger partial charge is 0.251 e. The lowest BCUT2D eigenvalue weighted by Crippen LogP contribution is -2.25. The molecular weight excluding hydrogens is 266 g/mol. The second kappa shape index (κ2) is 6.88. The van der Waals surface area contributed by atoms with Crippen molar-refractivity contribution >= 4 is 11.7 Å². The number of nitrogen functional groups attached to an aromatic ring is 1. The molecule has 0 spiro atoms. The Morgan fingerprint density at radius 3 is 2.90 bits per heavy atom.